The number of hydrogen-bond donors (Lipinski definition) is 1. The summed E-state index contributed by atoms with van der Waals surface area (Å²) in [6.07, 6.45) is 3.54. The van der Waals surface area contributed by atoms with Gasteiger partial charge >= 0.3 is 0 Å². The highest BCUT2D eigenvalue weighted by Crippen LogP contribution is 2.21. The highest BCUT2D eigenvalue weighted by molar-refractivity contribution is 7.85. The van der Waals surface area contributed by atoms with Gasteiger partial charge in [-0.15, -0.1) is 0 Å². The molecule has 0 aliphatic carbocycles. The van der Waals surface area contributed by atoms with E-state index < -0.39 is 10.1 Å². The summed E-state index contributed by atoms with van der Waals surface area (Å²) < 4.78 is 29.6. The second-order valence-electron chi connectivity index (χ2n) is 5.39. The van der Waals surface area contributed by atoms with Gasteiger partial charge in [-0.2, -0.15) is 8.42 Å². The molecule has 0 atom stereocenters. The third-order valence-corrected chi connectivity index (χ3v) is 4.16. The number of benzene rings is 1. The molecule has 0 bridgehead atoms. The van der Waals surface area contributed by atoms with Crippen LogP contribution in [0, 0.1) is 6.92 Å². The number of hydrogen-bond acceptors (Lipinski definition) is 5. The van der Waals surface area contributed by atoms with Crippen LogP contribution in [0.5, 0.6) is 0 Å². The van der Waals surface area contributed by atoms with Crippen LogP contribution in [-0.2, 0) is 10.1 Å². The van der Waals surface area contributed by atoms with E-state index in [1.54, 1.807) is 24.5 Å². The Morgan fingerprint density at radius 2 is 1.58 bits per heavy atom. The second kappa shape index (κ2) is 7.37. The summed E-state index contributed by atoms with van der Waals surface area (Å²) in [6.45, 7) is 1.84. The van der Waals surface area contributed by atoms with Gasteiger partial charge in [0.2, 0.25) is 0 Å². The monoisotopic (exact) mass is 345 g/mol. The maximum absolute atomic E-state index is 10.5. The average molecular weight is 345 g/mol. The molecule has 7 heteroatoms. The van der Waals surface area contributed by atoms with Crippen molar-refractivity contribution in [2.24, 2.45) is 0 Å². The maximum Gasteiger partial charge on any atom is 0.294 e. The minimum absolute atomic E-state index is 0.0666. The van der Waals surface area contributed by atoms with Gasteiger partial charge in [-0.3, -0.25) is 4.55 Å². The zero-order valence-corrected chi connectivity index (χ0v) is 14.5. The summed E-state index contributed by atoms with van der Waals surface area (Å²) in [5.74, 6) is 0. The molecule has 0 aliphatic heterocycles. The third kappa shape index (κ3) is 4.50. The van der Waals surface area contributed by atoms with E-state index >= 15 is 0 Å². The first-order chi connectivity index (χ1) is 11.3. The van der Waals surface area contributed by atoms with Crippen molar-refractivity contribution in [3.63, 3.8) is 0 Å². The fourth-order valence-electron chi connectivity index (χ4n) is 2.07. The van der Waals surface area contributed by atoms with Crippen molar-refractivity contribution in [1.29, 1.82) is 0 Å². The Hall–Kier alpha value is -2.51. The Bertz CT molecular complexity index is 918. The van der Waals surface area contributed by atoms with E-state index in [4.69, 9.17) is 4.55 Å². The zero-order chi connectivity index (χ0) is 17.7. The lowest BCUT2D eigenvalue weighted by molar-refractivity contribution is 0.483. The van der Waals surface area contributed by atoms with Gasteiger partial charge in [0.05, 0.1) is 4.90 Å². The van der Waals surface area contributed by atoms with Crippen molar-refractivity contribution in [2.75, 3.05) is 19.0 Å². The van der Waals surface area contributed by atoms with E-state index in [0.29, 0.717) is 0 Å². The van der Waals surface area contributed by atoms with E-state index in [2.05, 4.69) is 14.9 Å². The number of nitrogens with zero attached hydrogens (tertiary/aromatic N) is 3. The van der Waals surface area contributed by atoms with Crippen LogP contribution in [-0.4, -0.2) is 37.0 Å². The predicted octanol–water partition coefficient (Wildman–Crippen LogP) is 2.94. The molecule has 6 nitrogen and oxygen atoms in total. The summed E-state index contributed by atoms with van der Waals surface area (Å²) in [6, 6.07) is 11.9. The fraction of sp³-hybridized carbons (Fsp3) is 0.176. The molecule has 24 heavy (non-hydrogen) atoms. The number of anilines is 1. The molecule has 0 spiro atoms. The SMILES string of the molecule is CN(C)c1ccnc2ncccc12.Cc1ccc(S(=O)(=O)O)cc1. The summed E-state index contributed by atoms with van der Waals surface area (Å²) in [5, 5.41) is 1.09. The van der Waals surface area contributed by atoms with Crippen LogP contribution in [0.1, 0.15) is 5.56 Å². The standard InChI is InChI=1S/C10H11N3.C7H8O3S/c1-13(2)9-5-7-12-10-8(9)4-3-6-11-10;1-6-2-4-7(5-3-6)11(8,9)10/h3-7H,1-2H3;2-5H,1H3,(H,8,9,10). The normalized spacial score (nSPS) is 10.8. The van der Waals surface area contributed by atoms with Crippen LogP contribution in [0.15, 0.2) is 59.8 Å². The van der Waals surface area contributed by atoms with Crippen LogP contribution in [0.4, 0.5) is 5.69 Å². The molecule has 2 heterocycles. The van der Waals surface area contributed by atoms with Gasteiger partial charge in [0.15, 0.2) is 5.65 Å². The van der Waals surface area contributed by atoms with Crippen molar-refractivity contribution >= 4 is 26.8 Å². The fourth-order valence-corrected chi connectivity index (χ4v) is 2.55. The quantitative estimate of drug-likeness (QED) is 0.719. The minimum Gasteiger partial charge on any atom is -0.377 e. The van der Waals surface area contributed by atoms with Gasteiger partial charge in [0.1, 0.15) is 0 Å². The van der Waals surface area contributed by atoms with Crippen molar-refractivity contribution < 1.29 is 13.0 Å². The molecule has 1 aromatic carbocycles. The van der Waals surface area contributed by atoms with Crippen LogP contribution < -0.4 is 4.90 Å². The van der Waals surface area contributed by atoms with Crippen LogP contribution >= 0.6 is 0 Å². The molecule has 0 aliphatic rings. The highest BCUT2D eigenvalue weighted by atomic mass is 32.2. The van der Waals surface area contributed by atoms with Crippen molar-refractivity contribution in [1.82, 2.24) is 9.97 Å². The first kappa shape index (κ1) is 17.8. The molecule has 0 fully saturated rings. The molecule has 126 valence electrons. The molecular weight excluding hydrogens is 326 g/mol. The van der Waals surface area contributed by atoms with Gasteiger partial charge in [0.25, 0.3) is 10.1 Å². The molecule has 3 aromatic rings. The highest BCUT2D eigenvalue weighted by Gasteiger charge is 2.06. The molecule has 0 radical (unpaired) electrons. The van der Waals surface area contributed by atoms with Gasteiger partial charge < -0.3 is 4.90 Å². The van der Waals surface area contributed by atoms with E-state index in [1.165, 1.54) is 12.1 Å². The molecule has 0 amide bonds. The Labute approximate surface area is 141 Å². The third-order valence-electron chi connectivity index (χ3n) is 3.29. The van der Waals surface area contributed by atoms with Gasteiger partial charge in [-0.05, 0) is 37.3 Å². The number of aryl methyl sites for hydroxylation is 1. The number of fused-ring (bicyclic) bond motifs is 1. The van der Waals surface area contributed by atoms with Gasteiger partial charge in [-0.25, -0.2) is 9.97 Å². The van der Waals surface area contributed by atoms with Crippen molar-refractivity contribution in [3.05, 3.63) is 60.4 Å². The Kier molecular flexibility index (Phi) is 5.48. The molecule has 0 saturated heterocycles. The average Bonchev–Trinajstić information content (AvgIpc) is 2.54. The smallest absolute Gasteiger partial charge is 0.294 e. The minimum atomic E-state index is -4.02. The number of pyridine rings is 2. The first-order valence-corrected chi connectivity index (χ1v) is 8.64. The lowest BCUT2D eigenvalue weighted by Crippen LogP contribution is -2.09. The zero-order valence-electron chi connectivity index (χ0n) is 13.7. The number of rotatable bonds is 2. The van der Waals surface area contributed by atoms with Crippen LogP contribution in [0.3, 0.4) is 0 Å². The van der Waals surface area contributed by atoms with Gasteiger partial charge in [0, 0.05) is 37.6 Å². The topological polar surface area (TPSA) is 83.4 Å². The van der Waals surface area contributed by atoms with Crippen LogP contribution in [0.2, 0.25) is 0 Å². The molecule has 2 aromatic heterocycles. The van der Waals surface area contributed by atoms with Crippen molar-refractivity contribution in [2.45, 2.75) is 11.8 Å². The Morgan fingerprint density at radius 3 is 2.17 bits per heavy atom. The second-order valence-corrected chi connectivity index (χ2v) is 6.81. The molecular formula is C17H19N3O3S. The summed E-state index contributed by atoms with van der Waals surface area (Å²) >= 11 is 0. The summed E-state index contributed by atoms with van der Waals surface area (Å²) in [4.78, 5) is 10.4. The summed E-state index contributed by atoms with van der Waals surface area (Å²) in [5.41, 5.74) is 2.91. The van der Waals surface area contributed by atoms with Gasteiger partial charge in [-0.1, -0.05) is 17.7 Å². The largest absolute Gasteiger partial charge is 0.377 e. The van der Waals surface area contributed by atoms with E-state index in [9.17, 15) is 8.42 Å². The van der Waals surface area contributed by atoms with E-state index in [1.807, 2.05) is 39.2 Å². The molecule has 1 N–H and O–H groups in total. The molecule has 0 saturated carbocycles. The van der Waals surface area contributed by atoms with Crippen molar-refractivity contribution in [3.8, 4) is 0 Å². The Balaban J connectivity index is 0.000000177. The maximum atomic E-state index is 10.5. The van der Waals surface area contributed by atoms with E-state index in [-0.39, 0.29) is 4.90 Å². The van der Waals surface area contributed by atoms with E-state index in [0.717, 1.165) is 22.3 Å². The lowest BCUT2D eigenvalue weighted by atomic mass is 10.2. The lowest BCUT2D eigenvalue weighted by Gasteiger charge is -2.13. The van der Waals surface area contributed by atoms with Crippen LogP contribution in [0.25, 0.3) is 11.0 Å². The number of aromatic nitrogens is 2. The Morgan fingerprint density at radius 1 is 0.958 bits per heavy atom. The first-order valence-electron chi connectivity index (χ1n) is 7.20. The summed E-state index contributed by atoms with van der Waals surface area (Å²) in [7, 11) is 0.0117. The predicted molar refractivity (Wildman–Crippen MR) is 94.9 cm³/mol. The molecule has 3 rings (SSSR count). The molecule has 0 unspecified atom stereocenters.